The van der Waals surface area contributed by atoms with Crippen LogP contribution >= 0.6 is 0 Å². The van der Waals surface area contributed by atoms with E-state index in [9.17, 15) is 14.0 Å². The van der Waals surface area contributed by atoms with E-state index in [4.69, 9.17) is 0 Å². The quantitative estimate of drug-likeness (QED) is 0.643. The molecule has 4 nitrogen and oxygen atoms in total. The van der Waals surface area contributed by atoms with Gasteiger partial charge in [-0.25, -0.2) is 4.39 Å². The van der Waals surface area contributed by atoms with Crippen molar-refractivity contribution in [1.29, 1.82) is 0 Å². The van der Waals surface area contributed by atoms with Gasteiger partial charge in [-0.1, -0.05) is 66.7 Å². The van der Waals surface area contributed by atoms with Crippen LogP contribution in [0.5, 0.6) is 0 Å². The highest BCUT2D eigenvalue weighted by atomic mass is 19.1. The van der Waals surface area contributed by atoms with Gasteiger partial charge >= 0.3 is 0 Å². The SMILES string of the molecule is O=C(NCc1ccccc1)/C(=C/c1ccccc1F)NC(=O)c1ccccc1. The fourth-order valence-corrected chi connectivity index (χ4v) is 2.56. The summed E-state index contributed by atoms with van der Waals surface area (Å²) < 4.78 is 14.0. The Balaban J connectivity index is 1.82. The lowest BCUT2D eigenvalue weighted by Gasteiger charge is -2.11. The van der Waals surface area contributed by atoms with Crippen molar-refractivity contribution < 1.29 is 14.0 Å². The Labute approximate surface area is 162 Å². The molecule has 0 radical (unpaired) electrons. The first kappa shape index (κ1) is 19.0. The van der Waals surface area contributed by atoms with E-state index in [1.807, 2.05) is 30.3 Å². The van der Waals surface area contributed by atoms with Gasteiger partial charge in [0.2, 0.25) is 0 Å². The van der Waals surface area contributed by atoms with Gasteiger partial charge in [0.25, 0.3) is 11.8 Å². The minimum absolute atomic E-state index is 0.0325. The Kier molecular flexibility index (Phi) is 6.31. The molecule has 0 aromatic heterocycles. The van der Waals surface area contributed by atoms with Crippen LogP contribution in [0.15, 0.2) is 90.6 Å². The van der Waals surface area contributed by atoms with Crippen LogP contribution in [0.1, 0.15) is 21.5 Å². The maximum atomic E-state index is 14.0. The largest absolute Gasteiger partial charge is 0.347 e. The van der Waals surface area contributed by atoms with Crippen molar-refractivity contribution in [3.8, 4) is 0 Å². The van der Waals surface area contributed by atoms with Crippen LogP contribution in [0.3, 0.4) is 0 Å². The zero-order chi connectivity index (χ0) is 19.8. The van der Waals surface area contributed by atoms with E-state index in [2.05, 4.69) is 10.6 Å². The van der Waals surface area contributed by atoms with Gasteiger partial charge in [-0.05, 0) is 29.8 Å². The van der Waals surface area contributed by atoms with Crippen molar-refractivity contribution in [2.45, 2.75) is 6.54 Å². The number of hydrogen-bond acceptors (Lipinski definition) is 2. The molecule has 3 aromatic carbocycles. The van der Waals surface area contributed by atoms with E-state index in [1.54, 1.807) is 42.5 Å². The highest BCUT2D eigenvalue weighted by Gasteiger charge is 2.15. The van der Waals surface area contributed by atoms with Crippen LogP contribution < -0.4 is 10.6 Å². The first-order chi connectivity index (χ1) is 13.6. The second-order valence-electron chi connectivity index (χ2n) is 6.07. The van der Waals surface area contributed by atoms with E-state index in [0.29, 0.717) is 5.56 Å². The molecule has 0 bridgehead atoms. The summed E-state index contributed by atoms with van der Waals surface area (Å²) in [6.45, 7) is 0.287. The fraction of sp³-hybridized carbons (Fsp3) is 0.0435. The van der Waals surface area contributed by atoms with Gasteiger partial charge < -0.3 is 10.6 Å². The monoisotopic (exact) mass is 374 g/mol. The Morgan fingerprint density at radius 1 is 0.821 bits per heavy atom. The number of nitrogens with one attached hydrogen (secondary N) is 2. The van der Waals surface area contributed by atoms with Gasteiger partial charge in [-0.2, -0.15) is 0 Å². The van der Waals surface area contributed by atoms with Gasteiger partial charge in [0.15, 0.2) is 0 Å². The first-order valence-corrected chi connectivity index (χ1v) is 8.78. The lowest BCUT2D eigenvalue weighted by Crippen LogP contribution is -2.34. The van der Waals surface area contributed by atoms with E-state index < -0.39 is 17.6 Å². The maximum absolute atomic E-state index is 14.0. The number of amides is 2. The molecule has 5 heteroatoms. The summed E-state index contributed by atoms with van der Waals surface area (Å²) in [7, 11) is 0. The lowest BCUT2D eigenvalue weighted by molar-refractivity contribution is -0.117. The van der Waals surface area contributed by atoms with Crippen molar-refractivity contribution in [2.75, 3.05) is 0 Å². The smallest absolute Gasteiger partial charge is 0.268 e. The third-order valence-corrected chi connectivity index (χ3v) is 4.03. The molecule has 0 aliphatic heterocycles. The van der Waals surface area contributed by atoms with Crippen LogP contribution in [-0.2, 0) is 11.3 Å². The topological polar surface area (TPSA) is 58.2 Å². The Bertz CT molecular complexity index is 986. The standard InChI is InChI=1S/C23H19FN2O2/c24-20-14-8-7-13-19(20)15-21(26-22(27)18-11-5-2-6-12-18)23(28)25-16-17-9-3-1-4-10-17/h1-15H,16H2,(H,25,28)(H,26,27)/b21-15-. The van der Waals surface area contributed by atoms with Crippen molar-refractivity contribution in [2.24, 2.45) is 0 Å². The Morgan fingerprint density at radius 2 is 1.43 bits per heavy atom. The van der Waals surface area contributed by atoms with Gasteiger partial charge in [0.1, 0.15) is 11.5 Å². The second-order valence-corrected chi connectivity index (χ2v) is 6.07. The molecule has 0 saturated carbocycles. The van der Waals surface area contributed by atoms with Crippen molar-refractivity contribution in [1.82, 2.24) is 10.6 Å². The number of carbonyl (C=O) groups is 2. The molecule has 0 unspecified atom stereocenters. The first-order valence-electron chi connectivity index (χ1n) is 8.78. The zero-order valence-electron chi connectivity index (χ0n) is 15.1. The van der Waals surface area contributed by atoms with Gasteiger partial charge in [-0.3, -0.25) is 9.59 Å². The van der Waals surface area contributed by atoms with Gasteiger partial charge in [0.05, 0.1) is 0 Å². The molecule has 3 rings (SSSR count). The molecule has 0 spiro atoms. The summed E-state index contributed by atoms with van der Waals surface area (Å²) in [5.41, 5.74) is 1.49. The summed E-state index contributed by atoms with van der Waals surface area (Å²) in [6.07, 6.45) is 1.33. The Hall–Kier alpha value is -3.73. The minimum Gasteiger partial charge on any atom is -0.347 e. The average molecular weight is 374 g/mol. The normalized spacial score (nSPS) is 11.0. The predicted molar refractivity (Wildman–Crippen MR) is 107 cm³/mol. The van der Waals surface area contributed by atoms with Crippen molar-refractivity contribution >= 4 is 17.9 Å². The van der Waals surface area contributed by atoms with Gasteiger partial charge in [0, 0.05) is 17.7 Å². The molecule has 3 aromatic rings. The second kappa shape index (κ2) is 9.28. The van der Waals surface area contributed by atoms with Crippen molar-refractivity contribution in [3.05, 3.63) is 113 Å². The van der Waals surface area contributed by atoms with Crippen LogP contribution in [0.4, 0.5) is 4.39 Å². The summed E-state index contributed by atoms with van der Waals surface area (Å²) in [5.74, 6) is -1.43. The molecular weight excluding hydrogens is 355 g/mol. The fourth-order valence-electron chi connectivity index (χ4n) is 2.56. The minimum atomic E-state index is -0.503. The van der Waals surface area contributed by atoms with E-state index in [0.717, 1.165) is 5.56 Å². The molecule has 0 atom stereocenters. The van der Waals surface area contributed by atoms with Crippen LogP contribution in [-0.4, -0.2) is 11.8 Å². The molecule has 2 N–H and O–H groups in total. The molecule has 0 aliphatic carbocycles. The highest BCUT2D eigenvalue weighted by Crippen LogP contribution is 2.12. The highest BCUT2D eigenvalue weighted by molar-refractivity contribution is 6.05. The molecule has 2 amide bonds. The number of rotatable bonds is 6. The summed E-state index contributed by atoms with van der Waals surface area (Å²) in [4.78, 5) is 25.2. The van der Waals surface area contributed by atoms with E-state index in [1.165, 1.54) is 18.2 Å². The van der Waals surface area contributed by atoms with Crippen LogP contribution in [0.25, 0.3) is 6.08 Å². The predicted octanol–water partition coefficient (Wildman–Crippen LogP) is 3.91. The lowest BCUT2D eigenvalue weighted by atomic mass is 10.1. The Morgan fingerprint density at radius 3 is 2.11 bits per heavy atom. The van der Waals surface area contributed by atoms with E-state index >= 15 is 0 Å². The number of halogens is 1. The third-order valence-electron chi connectivity index (χ3n) is 4.03. The van der Waals surface area contributed by atoms with E-state index in [-0.39, 0.29) is 17.8 Å². The molecule has 0 saturated heterocycles. The summed E-state index contributed by atoms with van der Waals surface area (Å²) >= 11 is 0. The molecule has 0 aliphatic rings. The number of carbonyl (C=O) groups excluding carboxylic acids is 2. The molecular formula is C23H19FN2O2. The molecule has 140 valence electrons. The number of hydrogen-bond donors (Lipinski definition) is 2. The molecule has 28 heavy (non-hydrogen) atoms. The summed E-state index contributed by atoms with van der Waals surface area (Å²) in [6, 6.07) is 24.0. The molecule has 0 heterocycles. The van der Waals surface area contributed by atoms with Crippen LogP contribution in [0, 0.1) is 5.82 Å². The average Bonchev–Trinajstić information content (AvgIpc) is 2.74. The van der Waals surface area contributed by atoms with Crippen LogP contribution in [0.2, 0.25) is 0 Å². The summed E-state index contributed by atoms with van der Waals surface area (Å²) in [5, 5.41) is 5.34. The zero-order valence-corrected chi connectivity index (χ0v) is 15.1. The maximum Gasteiger partial charge on any atom is 0.268 e. The number of benzene rings is 3. The molecule has 0 fully saturated rings. The van der Waals surface area contributed by atoms with Crippen molar-refractivity contribution in [3.63, 3.8) is 0 Å². The van der Waals surface area contributed by atoms with Gasteiger partial charge in [-0.15, -0.1) is 0 Å². The third kappa shape index (κ3) is 5.14.